The van der Waals surface area contributed by atoms with Gasteiger partial charge in [-0.05, 0) is 59.3 Å². The molecule has 104 valence electrons. The molecule has 1 amide bonds. The summed E-state index contributed by atoms with van der Waals surface area (Å²) in [5, 5.41) is 6.67. The lowest BCUT2D eigenvalue weighted by Gasteiger charge is -2.11. The quantitative estimate of drug-likeness (QED) is 0.751. The van der Waals surface area contributed by atoms with Gasteiger partial charge in [-0.1, -0.05) is 29.8 Å². The Kier molecular flexibility index (Phi) is 5.25. The molecule has 2 aromatic carbocycles. The van der Waals surface area contributed by atoms with Gasteiger partial charge in [0.25, 0.3) is 0 Å². The van der Waals surface area contributed by atoms with E-state index in [1.165, 1.54) is 0 Å². The van der Waals surface area contributed by atoms with Crippen molar-refractivity contribution in [2.75, 3.05) is 17.2 Å². The standard InChI is InChI=1S/C15H14ClIN2O/c1-10-4-2-3-5-13(10)19-15(20)9-18-14-7-6-11(16)8-12(14)17/h2-8,18H,9H2,1H3,(H,19,20). The first-order valence-corrected chi connectivity index (χ1v) is 7.56. The lowest BCUT2D eigenvalue weighted by Crippen LogP contribution is -2.22. The first-order valence-electron chi connectivity index (χ1n) is 6.10. The summed E-state index contributed by atoms with van der Waals surface area (Å²) in [6, 6.07) is 13.2. The molecule has 0 saturated heterocycles. The molecule has 0 aromatic heterocycles. The highest BCUT2D eigenvalue weighted by Gasteiger charge is 2.06. The van der Waals surface area contributed by atoms with Gasteiger partial charge < -0.3 is 10.6 Å². The van der Waals surface area contributed by atoms with E-state index >= 15 is 0 Å². The van der Waals surface area contributed by atoms with Crippen LogP contribution < -0.4 is 10.6 Å². The molecule has 0 spiro atoms. The molecule has 20 heavy (non-hydrogen) atoms. The third kappa shape index (κ3) is 4.11. The molecule has 0 heterocycles. The monoisotopic (exact) mass is 400 g/mol. The van der Waals surface area contributed by atoms with Crippen molar-refractivity contribution in [1.82, 2.24) is 0 Å². The molecule has 0 saturated carbocycles. The SMILES string of the molecule is Cc1ccccc1NC(=O)CNc1ccc(Cl)cc1I. The summed E-state index contributed by atoms with van der Waals surface area (Å²) in [5.74, 6) is -0.0787. The van der Waals surface area contributed by atoms with E-state index in [9.17, 15) is 4.79 Å². The van der Waals surface area contributed by atoms with E-state index in [0.717, 1.165) is 20.5 Å². The Morgan fingerprint density at radius 3 is 2.65 bits per heavy atom. The van der Waals surface area contributed by atoms with E-state index < -0.39 is 0 Å². The number of aryl methyl sites for hydroxylation is 1. The van der Waals surface area contributed by atoms with E-state index in [1.54, 1.807) is 6.07 Å². The summed E-state index contributed by atoms with van der Waals surface area (Å²) in [4.78, 5) is 11.9. The molecular weight excluding hydrogens is 387 g/mol. The number of benzene rings is 2. The topological polar surface area (TPSA) is 41.1 Å². The normalized spacial score (nSPS) is 10.2. The number of nitrogens with one attached hydrogen (secondary N) is 2. The predicted molar refractivity (Wildman–Crippen MR) is 92.5 cm³/mol. The second kappa shape index (κ2) is 6.95. The minimum absolute atomic E-state index is 0.0787. The highest BCUT2D eigenvalue weighted by Crippen LogP contribution is 2.22. The van der Waals surface area contributed by atoms with Gasteiger partial charge in [0.2, 0.25) is 5.91 Å². The van der Waals surface area contributed by atoms with E-state index in [2.05, 4.69) is 33.2 Å². The van der Waals surface area contributed by atoms with Gasteiger partial charge in [0.05, 0.1) is 6.54 Å². The van der Waals surface area contributed by atoms with Crippen LogP contribution >= 0.6 is 34.2 Å². The number of carbonyl (C=O) groups is 1. The van der Waals surface area contributed by atoms with Gasteiger partial charge in [-0.15, -0.1) is 0 Å². The van der Waals surface area contributed by atoms with Crippen LogP contribution in [0.25, 0.3) is 0 Å². The second-order valence-electron chi connectivity index (χ2n) is 4.34. The zero-order valence-electron chi connectivity index (χ0n) is 10.9. The third-order valence-electron chi connectivity index (χ3n) is 2.79. The summed E-state index contributed by atoms with van der Waals surface area (Å²) in [5.41, 5.74) is 2.78. The van der Waals surface area contributed by atoms with Crippen molar-refractivity contribution in [1.29, 1.82) is 0 Å². The van der Waals surface area contributed by atoms with E-state index in [4.69, 9.17) is 11.6 Å². The number of hydrogen-bond acceptors (Lipinski definition) is 2. The Labute approximate surface area is 136 Å². The molecule has 0 radical (unpaired) electrons. The van der Waals surface area contributed by atoms with Gasteiger partial charge in [-0.25, -0.2) is 0 Å². The summed E-state index contributed by atoms with van der Waals surface area (Å²) in [6.07, 6.45) is 0. The molecule has 3 nitrogen and oxygen atoms in total. The molecule has 5 heteroatoms. The number of carbonyl (C=O) groups excluding carboxylic acids is 1. The Bertz CT molecular complexity index is 631. The maximum atomic E-state index is 11.9. The van der Waals surface area contributed by atoms with Gasteiger partial charge in [0, 0.05) is 20.0 Å². The molecule has 0 aliphatic rings. The molecule has 0 unspecified atom stereocenters. The van der Waals surface area contributed by atoms with E-state index in [0.29, 0.717) is 5.02 Å². The molecule has 2 N–H and O–H groups in total. The van der Waals surface area contributed by atoms with Crippen molar-refractivity contribution in [2.24, 2.45) is 0 Å². The van der Waals surface area contributed by atoms with Crippen molar-refractivity contribution in [3.05, 3.63) is 56.6 Å². The van der Waals surface area contributed by atoms with Crippen LogP contribution in [-0.2, 0) is 4.79 Å². The zero-order chi connectivity index (χ0) is 14.5. The lowest BCUT2D eigenvalue weighted by atomic mass is 10.2. The first kappa shape index (κ1) is 15.1. The lowest BCUT2D eigenvalue weighted by molar-refractivity contribution is -0.114. The van der Waals surface area contributed by atoms with Crippen molar-refractivity contribution >= 4 is 51.5 Å². The van der Waals surface area contributed by atoms with Gasteiger partial charge in [0.15, 0.2) is 0 Å². The fourth-order valence-corrected chi connectivity index (χ4v) is 2.78. The molecule has 2 rings (SSSR count). The third-order valence-corrected chi connectivity index (χ3v) is 3.92. The Morgan fingerprint density at radius 1 is 1.20 bits per heavy atom. The molecule has 0 aliphatic heterocycles. The molecule has 0 aliphatic carbocycles. The summed E-state index contributed by atoms with van der Waals surface area (Å²) in [7, 11) is 0. The first-order chi connectivity index (χ1) is 9.56. The number of amides is 1. The Balaban J connectivity index is 1.94. The smallest absolute Gasteiger partial charge is 0.243 e. The highest BCUT2D eigenvalue weighted by molar-refractivity contribution is 14.1. The predicted octanol–water partition coefficient (Wildman–Crippen LogP) is 4.30. The number of rotatable bonds is 4. The van der Waals surface area contributed by atoms with Crippen molar-refractivity contribution in [3.8, 4) is 0 Å². The largest absolute Gasteiger partial charge is 0.375 e. The maximum Gasteiger partial charge on any atom is 0.243 e. The maximum absolute atomic E-state index is 11.9. The van der Waals surface area contributed by atoms with Crippen molar-refractivity contribution in [3.63, 3.8) is 0 Å². The number of hydrogen-bond donors (Lipinski definition) is 2. The van der Waals surface area contributed by atoms with Crippen LogP contribution in [0.4, 0.5) is 11.4 Å². The fourth-order valence-electron chi connectivity index (χ4n) is 1.72. The van der Waals surface area contributed by atoms with Gasteiger partial charge >= 0.3 is 0 Å². The highest BCUT2D eigenvalue weighted by atomic mass is 127. The number of anilines is 2. The van der Waals surface area contributed by atoms with Crippen molar-refractivity contribution in [2.45, 2.75) is 6.92 Å². The van der Waals surface area contributed by atoms with Gasteiger partial charge in [0.1, 0.15) is 0 Å². The number of para-hydroxylation sites is 1. The minimum atomic E-state index is -0.0787. The van der Waals surface area contributed by atoms with Crippen LogP contribution in [0.1, 0.15) is 5.56 Å². The van der Waals surface area contributed by atoms with Crippen LogP contribution in [-0.4, -0.2) is 12.5 Å². The van der Waals surface area contributed by atoms with Crippen LogP contribution in [0.3, 0.4) is 0 Å². The summed E-state index contributed by atoms with van der Waals surface area (Å²) in [6.45, 7) is 2.18. The fraction of sp³-hybridized carbons (Fsp3) is 0.133. The Morgan fingerprint density at radius 2 is 1.95 bits per heavy atom. The van der Waals surface area contributed by atoms with Crippen LogP contribution in [0, 0.1) is 10.5 Å². The molecule has 0 atom stereocenters. The molecular formula is C15H14ClIN2O. The average Bonchev–Trinajstić information content (AvgIpc) is 2.40. The minimum Gasteiger partial charge on any atom is -0.375 e. The second-order valence-corrected chi connectivity index (χ2v) is 5.94. The molecule has 2 aromatic rings. The summed E-state index contributed by atoms with van der Waals surface area (Å²) >= 11 is 8.08. The van der Waals surface area contributed by atoms with Gasteiger partial charge in [-0.3, -0.25) is 4.79 Å². The molecule has 0 fully saturated rings. The van der Waals surface area contributed by atoms with Crippen LogP contribution in [0.2, 0.25) is 5.02 Å². The summed E-state index contributed by atoms with van der Waals surface area (Å²) < 4.78 is 0.985. The van der Waals surface area contributed by atoms with Crippen LogP contribution in [0.5, 0.6) is 0 Å². The zero-order valence-corrected chi connectivity index (χ0v) is 13.8. The molecule has 0 bridgehead atoms. The van der Waals surface area contributed by atoms with E-state index in [-0.39, 0.29) is 12.5 Å². The van der Waals surface area contributed by atoms with Crippen LogP contribution in [0.15, 0.2) is 42.5 Å². The van der Waals surface area contributed by atoms with Gasteiger partial charge in [-0.2, -0.15) is 0 Å². The van der Waals surface area contributed by atoms with E-state index in [1.807, 2.05) is 43.3 Å². The average molecular weight is 401 g/mol. The Hall–Kier alpha value is -1.27. The number of halogens is 2. The van der Waals surface area contributed by atoms with Crippen molar-refractivity contribution < 1.29 is 4.79 Å².